The van der Waals surface area contributed by atoms with Crippen LogP contribution in [0.1, 0.15) is 0 Å². The van der Waals surface area contributed by atoms with Crippen molar-refractivity contribution >= 4 is 44.1 Å². The Bertz CT molecular complexity index is 470. The summed E-state index contributed by atoms with van der Waals surface area (Å²) in [4.78, 5) is 3.98. The number of hydrogen-bond acceptors (Lipinski definition) is 2. The molecule has 1 aromatic heterocycles. The molecule has 0 amide bonds. The van der Waals surface area contributed by atoms with E-state index >= 15 is 0 Å². The standard InChI is InChI=1S/C9H6BrClN2/c10-7-2-1-5-3-8(12)13-4-6(5)9(7)11/h1-4H,(H2,12,13). The van der Waals surface area contributed by atoms with E-state index in [-0.39, 0.29) is 0 Å². The molecule has 0 saturated carbocycles. The van der Waals surface area contributed by atoms with Gasteiger partial charge in [0.15, 0.2) is 0 Å². The zero-order valence-electron chi connectivity index (χ0n) is 6.59. The number of benzene rings is 1. The lowest BCUT2D eigenvalue weighted by molar-refractivity contribution is 1.37. The van der Waals surface area contributed by atoms with Crippen LogP contribution in [0.4, 0.5) is 5.82 Å². The van der Waals surface area contributed by atoms with Crippen molar-refractivity contribution in [2.45, 2.75) is 0 Å². The van der Waals surface area contributed by atoms with E-state index in [2.05, 4.69) is 20.9 Å². The third kappa shape index (κ3) is 1.49. The van der Waals surface area contributed by atoms with Gasteiger partial charge in [-0.3, -0.25) is 0 Å². The summed E-state index contributed by atoms with van der Waals surface area (Å²) in [6, 6.07) is 5.64. The zero-order valence-corrected chi connectivity index (χ0v) is 8.93. The van der Waals surface area contributed by atoms with Gasteiger partial charge in [0.1, 0.15) is 5.82 Å². The summed E-state index contributed by atoms with van der Waals surface area (Å²) in [5.74, 6) is 0.505. The van der Waals surface area contributed by atoms with Gasteiger partial charge >= 0.3 is 0 Å². The van der Waals surface area contributed by atoms with Crippen LogP contribution in [-0.2, 0) is 0 Å². The van der Waals surface area contributed by atoms with Crippen LogP contribution in [0.3, 0.4) is 0 Å². The maximum atomic E-state index is 6.05. The van der Waals surface area contributed by atoms with Crippen molar-refractivity contribution in [3.63, 3.8) is 0 Å². The first-order valence-electron chi connectivity index (χ1n) is 3.68. The van der Waals surface area contributed by atoms with Crippen LogP contribution < -0.4 is 5.73 Å². The Hall–Kier alpha value is -0.800. The number of halogens is 2. The van der Waals surface area contributed by atoms with Gasteiger partial charge in [0, 0.05) is 16.1 Å². The number of fused-ring (bicyclic) bond motifs is 1. The molecule has 66 valence electrons. The lowest BCUT2D eigenvalue weighted by Crippen LogP contribution is -1.89. The number of pyridine rings is 1. The second-order valence-electron chi connectivity index (χ2n) is 2.69. The summed E-state index contributed by atoms with van der Waals surface area (Å²) in [7, 11) is 0. The first-order valence-corrected chi connectivity index (χ1v) is 4.85. The fraction of sp³-hybridized carbons (Fsp3) is 0. The van der Waals surface area contributed by atoms with Crippen LogP contribution >= 0.6 is 27.5 Å². The lowest BCUT2D eigenvalue weighted by Gasteiger charge is -2.02. The molecule has 0 bridgehead atoms. The molecule has 0 radical (unpaired) electrons. The summed E-state index contributed by atoms with van der Waals surface area (Å²) < 4.78 is 0.869. The van der Waals surface area contributed by atoms with Crippen LogP contribution in [0.25, 0.3) is 10.8 Å². The molecule has 1 aromatic carbocycles. The predicted molar refractivity (Wildman–Crippen MR) is 58.9 cm³/mol. The number of nitrogens with zero attached hydrogens (tertiary/aromatic N) is 1. The van der Waals surface area contributed by atoms with Crippen LogP contribution in [0.2, 0.25) is 5.02 Å². The molecule has 0 unspecified atom stereocenters. The normalized spacial score (nSPS) is 10.6. The van der Waals surface area contributed by atoms with E-state index < -0.39 is 0 Å². The van der Waals surface area contributed by atoms with Gasteiger partial charge in [-0.2, -0.15) is 0 Å². The second kappa shape index (κ2) is 3.16. The Kier molecular flexibility index (Phi) is 2.14. The number of anilines is 1. The highest BCUT2D eigenvalue weighted by Gasteiger charge is 2.03. The first-order chi connectivity index (χ1) is 6.18. The molecular weight excluding hydrogens is 251 g/mol. The van der Waals surface area contributed by atoms with Crippen LogP contribution in [0, 0.1) is 0 Å². The second-order valence-corrected chi connectivity index (χ2v) is 3.92. The quantitative estimate of drug-likeness (QED) is 0.787. The van der Waals surface area contributed by atoms with Crippen molar-refractivity contribution < 1.29 is 0 Å². The number of rotatable bonds is 0. The van der Waals surface area contributed by atoms with E-state index in [1.165, 1.54) is 0 Å². The van der Waals surface area contributed by atoms with Crippen molar-refractivity contribution in [3.05, 3.63) is 33.9 Å². The maximum Gasteiger partial charge on any atom is 0.123 e. The average Bonchev–Trinajstić information content (AvgIpc) is 2.12. The molecule has 2 N–H and O–H groups in total. The fourth-order valence-electron chi connectivity index (χ4n) is 1.17. The monoisotopic (exact) mass is 256 g/mol. The summed E-state index contributed by atoms with van der Waals surface area (Å²) >= 11 is 9.39. The summed E-state index contributed by atoms with van der Waals surface area (Å²) in [6.07, 6.45) is 1.68. The highest BCUT2D eigenvalue weighted by Crippen LogP contribution is 2.30. The van der Waals surface area contributed by atoms with E-state index in [0.717, 1.165) is 15.2 Å². The van der Waals surface area contributed by atoms with Gasteiger partial charge in [0.05, 0.1) is 5.02 Å². The molecule has 0 saturated heterocycles. The molecule has 4 heteroatoms. The number of nitrogens with two attached hydrogens (primary N) is 1. The minimum absolute atomic E-state index is 0.505. The van der Waals surface area contributed by atoms with Gasteiger partial charge < -0.3 is 5.73 Å². The first kappa shape index (κ1) is 8.78. The Morgan fingerprint density at radius 3 is 2.92 bits per heavy atom. The Morgan fingerprint density at radius 1 is 1.38 bits per heavy atom. The highest BCUT2D eigenvalue weighted by atomic mass is 79.9. The minimum atomic E-state index is 0.505. The molecule has 0 aliphatic heterocycles. The average molecular weight is 258 g/mol. The molecule has 0 aliphatic rings. The fourth-order valence-corrected chi connectivity index (χ4v) is 1.74. The molecule has 0 aliphatic carbocycles. The molecule has 0 spiro atoms. The van der Waals surface area contributed by atoms with Crippen molar-refractivity contribution in [3.8, 4) is 0 Å². The van der Waals surface area contributed by atoms with Gasteiger partial charge in [-0.1, -0.05) is 17.7 Å². The van der Waals surface area contributed by atoms with E-state index in [0.29, 0.717) is 10.8 Å². The third-order valence-corrected chi connectivity index (χ3v) is 3.11. The van der Waals surface area contributed by atoms with Crippen molar-refractivity contribution in [2.24, 2.45) is 0 Å². The van der Waals surface area contributed by atoms with Gasteiger partial charge in [-0.05, 0) is 33.4 Å². The maximum absolute atomic E-state index is 6.05. The van der Waals surface area contributed by atoms with E-state index in [4.69, 9.17) is 17.3 Å². The number of aromatic nitrogens is 1. The Morgan fingerprint density at radius 2 is 2.15 bits per heavy atom. The van der Waals surface area contributed by atoms with Crippen molar-refractivity contribution in [1.82, 2.24) is 4.98 Å². The SMILES string of the molecule is Nc1cc2ccc(Br)c(Cl)c2cn1. The summed E-state index contributed by atoms with van der Waals surface area (Å²) in [6.45, 7) is 0. The van der Waals surface area contributed by atoms with Crippen LogP contribution in [0.15, 0.2) is 28.9 Å². The van der Waals surface area contributed by atoms with Crippen LogP contribution in [-0.4, -0.2) is 4.98 Å². The molecule has 2 aromatic rings. The Labute approximate surface area is 88.8 Å². The van der Waals surface area contributed by atoms with Crippen molar-refractivity contribution in [2.75, 3.05) is 5.73 Å². The van der Waals surface area contributed by atoms with E-state index in [1.54, 1.807) is 12.3 Å². The lowest BCUT2D eigenvalue weighted by atomic mass is 10.2. The van der Waals surface area contributed by atoms with Gasteiger partial charge in [-0.25, -0.2) is 4.98 Å². The van der Waals surface area contributed by atoms with E-state index in [1.807, 2.05) is 12.1 Å². The largest absolute Gasteiger partial charge is 0.384 e. The molecule has 13 heavy (non-hydrogen) atoms. The van der Waals surface area contributed by atoms with Gasteiger partial charge in [-0.15, -0.1) is 0 Å². The number of nitrogen functional groups attached to an aromatic ring is 1. The smallest absolute Gasteiger partial charge is 0.123 e. The zero-order chi connectivity index (χ0) is 9.42. The van der Waals surface area contributed by atoms with Gasteiger partial charge in [0.25, 0.3) is 0 Å². The van der Waals surface area contributed by atoms with Crippen molar-refractivity contribution in [1.29, 1.82) is 0 Å². The van der Waals surface area contributed by atoms with Gasteiger partial charge in [0.2, 0.25) is 0 Å². The molecule has 2 rings (SSSR count). The molecule has 1 heterocycles. The number of hydrogen-bond donors (Lipinski definition) is 1. The summed E-state index contributed by atoms with van der Waals surface area (Å²) in [5.41, 5.74) is 5.55. The van der Waals surface area contributed by atoms with Crippen LogP contribution in [0.5, 0.6) is 0 Å². The Balaban J connectivity index is 2.87. The molecule has 2 nitrogen and oxygen atoms in total. The minimum Gasteiger partial charge on any atom is -0.384 e. The molecule has 0 atom stereocenters. The summed E-state index contributed by atoms with van der Waals surface area (Å²) in [5, 5.41) is 2.58. The molecule has 0 fully saturated rings. The van der Waals surface area contributed by atoms with E-state index in [9.17, 15) is 0 Å². The third-order valence-electron chi connectivity index (χ3n) is 1.81. The topological polar surface area (TPSA) is 38.9 Å². The highest BCUT2D eigenvalue weighted by molar-refractivity contribution is 9.10. The molecular formula is C9H6BrClN2. The predicted octanol–water partition coefficient (Wildman–Crippen LogP) is 3.23.